The van der Waals surface area contributed by atoms with E-state index in [1.54, 1.807) is 4.90 Å². The Balaban J connectivity index is 2.42. The lowest BCUT2D eigenvalue weighted by Crippen LogP contribution is -2.41. The molecule has 0 bridgehead atoms. The quantitative estimate of drug-likeness (QED) is 0.696. The molecule has 88 valence electrons. The van der Waals surface area contributed by atoms with Gasteiger partial charge in [0.1, 0.15) is 0 Å². The highest BCUT2D eigenvalue weighted by molar-refractivity contribution is 5.77. The van der Waals surface area contributed by atoms with Crippen LogP contribution >= 0.6 is 0 Å². The molecule has 0 spiro atoms. The van der Waals surface area contributed by atoms with Gasteiger partial charge < -0.3 is 15.7 Å². The van der Waals surface area contributed by atoms with Crippen LogP contribution in [-0.4, -0.2) is 41.1 Å². The molecule has 1 heterocycles. The Hall–Kier alpha value is -0.610. The molecule has 0 aromatic carbocycles. The fraction of sp³-hybridized carbons (Fsp3) is 0.909. The summed E-state index contributed by atoms with van der Waals surface area (Å²) in [6.45, 7) is 7.23. The first-order valence-corrected chi connectivity index (χ1v) is 5.52. The second-order valence-electron chi connectivity index (χ2n) is 5.46. The predicted octanol–water partition coefficient (Wildman–Crippen LogP) is 0.343. The monoisotopic (exact) mass is 214 g/mol. The van der Waals surface area contributed by atoms with Gasteiger partial charge in [-0.25, -0.2) is 0 Å². The van der Waals surface area contributed by atoms with Crippen molar-refractivity contribution in [1.29, 1.82) is 0 Å². The second kappa shape index (κ2) is 4.49. The van der Waals surface area contributed by atoms with E-state index in [1.807, 2.05) is 20.8 Å². The zero-order chi connectivity index (χ0) is 11.6. The van der Waals surface area contributed by atoms with Gasteiger partial charge in [0.15, 0.2) is 0 Å². The van der Waals surface area contributed by atoms with Crippen molar-refractivity contribution in [3.63, 3.8) is 0 Å². The molecule has 1 aliphatic rings. The minimum absolute atomic E-state index is 0.0476. The van der Waals surface area contributed by atoms with Crippen LogP contribution in [0.5, 0.6) is 0 Å². The van der Waals surface area contributed by atoms with Crippen LogP contribution in [0.15, 0.2) is 0 Å². The van der Waals surface area contributed by atoms with Crippen LogP contribution in [0, 0.1) is 5.41 Å². The minimum Gasteiger partial charge on any atom is -0.391 e. The molecule has 1 saturated heterocycles. The standard InChI is InChI=1S/C11H22N2O2/c1-11(2,3)9(12)6-10(15)13-5-4-8(14)7-13/h8-9,14H,4-7,12H2,1-3H3/t8-,9?/m1/s1. The fourth-order valence-corrected chi connectivity index (χ4v) is 1.59. The average Bonchev–Trinajstić information content (AvgIpc) is 2.50. The molecule has 0 saturated carbocycles. The molecule has 2 atom stereocenters. The highest BCUT2D eigenvalue weighted by atomic mass is 16.3. The van der Waals surface area contributed by atoms with E-state index in [2.05, 4.69) is 0 Å². The summed E-state index contributed by atoms with van der Waals surface area (Å²) >= 11 is 0. The van der Waals surface area contributed by atoms with Crippen LogP contribution in [0.4, 0.5) is 0 Å². The molecule has 0 aromatic rings. The van der Waals surface area contributed by atoms with Gasteiger partial charge in [0.25, 0.3) is 0 Å². The van der Waals surface area contributed by atoms with E-state index in [9.17, 15) is 9.90 Å². The first-order chi connectivity index (χ1) is 6.80. The van der Waals surface area contributed by atoms with Gasteiger partial charge in [-0.15, -0.1) is 0 Å². The Bertz CT molecular complexity index is 235. The molecular formula is C11H22N2O2. The topological polar surface area (TPSA) is 66.6 Å². The largest absolute Gasteiger partial charge is 0.391 e. The molecule has 3 N–H and O–H groups in total. The van der Waals surface area contributed by atoms with Crippen molar-refractivity contribution < 1.29 is 9.90 Å². The number of rotatable bonds is 2. The SMILES string of the molecule is CC(C)(C)C(N)CC(=O)N1CC[C@@H](O)C1. The van der Waals surface area contributed by atoms with Gasteiger partial charge in [0.05, 0.1) is 6.10 Å². The Morgan fingerprint density at radius 2 is 2.20 bits per heavy atom. The number of hydrogen-bond donors (Lipinski definition) is 2. The van der Waals surface area contributed by atoms with E-state index in [0.717, 1.165) is 0 Å². The molecule has 4 nitrogen and oxygen atoms in total. The maximum absolute atomic E-state index is 11.8. The minimum atomic E-state index is -0.347. The van der Waals surface area contributed by atoms with E-state index in [-0.39, 0.29) is 23.5 Å². The fourth-order valence-electron chi connectivity index (χ4n) is 1.59. The van der Waals surface area contributed by atoms with Gasteiger partial charge >= 0.3 is 0 Å². The third-order valence-corrected chi connectivity index (χ3v) is 3.02. The van der Waals surface area contributed by atoms with E-state index < -0.39 is 0 Å². The van der Waals surface area contributed by atoms with Gasteiger partial charge in [-0.2, -0.15) is 0 Å². The van der Waals surface area contributed by atoms with Crippen molar-refractivity contribution in [3.05, 3.63) is 0 Å². The number of nitrogens with zero attached hydrogens (tertiary/aromatic N) is 1. The molecule has 1 aliphatic heterocycles. The normalized spacial score (nSPS) is 24.3. The molecule has 4 heteroatoms. The molecule has 0 aliphatic carbocycles. The van der Waals surface area contributed by atoms with E-state index in [0.29, 0.717) is 25.9 Å². The first-order valence-electron chi connectivity index (χ1n) is 5.52. The van der Waals surface area contributed by atoms with Gasteiger partial charge in [-0.05, 0) is 11.8 Å². The molecule has 1 rings (SSSR count). The van der Waals surface area contributed by atoms with Crippen LogP contribution < -0.4 is 5.73 Å². The number of aliphatic hydroxyl groups excluding tert-OH is 1. The summed E-state index contributed by atoms with van der Waals surface area (Å²) in [5.74, 6) is 0.0639. The van der Waals surface area contributed by atoms with Crippen LogP contribution in [0.1, 0.15) is 33.6 Å². The third-order valence-electron chi connectivity index (χ3n) is 3.02. The van der Waals surface area contributed by atoms with Gasteiger partial charge in [-0.1, -0.05) is 20.8 Å². The molecule has 0 radical (unpaired) electrons. The number of hydrogen-bond acceptors (Lipinski definition) is 3. The van der Waals surface area contributed by atoms with Crippen LogP contribution in [-0.2, 0) is 4.79 Å². The van der Waals surface area contributed by atoms with E-state index in [4.69, 9.17) is 5.73 Å². The van der Waals surface area contributed by atoms with Crippen LogP contribution in [0.25, 0.3) is 0 Å². The summed E-state index contributed by atoms with van der Waals surface area (Å²) in [7, 11) is 0. The zero-order valence-electron chi connectivity index (χ0n) is 9.86. The maximum atomic E-state index is 11.8. The van der Waals surface area contributed by atoms with Gasteiger partial charge in [0.2, 0.25) is 5.91 Å². The van der Waals surface area contributed by atoms with Crippen molar-refractivity contribution in [2.24, 2.45) is 11.1 Å². The molecule has 0 aromatic heterocycles. The van der Waals surface area contributed by atoms with Crippen molar-refractivity contribution in [3.8, 4) is 0 Å². The first kappa shape index (κ1) is 12.5. The molecular weight excluding hydrogens is 192 g/mol. The number of aliphatic hydroxyl groups is 1. The highest BCUT2D eigenvalue weighted by Crippen LogP contribution is 2.21. The zero-order valence-corrected chi connectivity index (χ0v) is 9.86. The molecule has 1 unspecified atom stereocenters. The van der Waals surface area contributed by atoms with Crippen molar-refractivity contribution in [2.45, 2.75) is 45.8 Å². The lowest BCUT2D eigenvalue weighted by molar-refractivity contribution is -0.131. The van der Waals surface area contributed by atoms with Gasteiger partial charge in [0, 0.05) is 25.6 Å². The Kier molecular flexibility index (Phi) is 3.73. The third kappa shape index (κ3) is 3.47. The summed E-state index contributed by atoms with van der Waals surface area (Å²) < 4.78 is 0. The summed E-state index contributed by atoms with van der Waals surface area (Å²) in [5, 5.41) is 9.32. The lowest BCUT2D eigenvalue weighted by Gasteiger charge is -2.28. The van der Waals surface area contributed by atoms with E-state index >= 15 is 0 Å². The summed E-state index contributed by atoms with van der Waals surface area (Å²) in [5.41, 5.74) is 5.90. The summed E-state index contributed by atoms with van der Waals surface area (Å²) in [4.78, 5) is 13.5. The van der Waals surface area contributed by atoms with Crippen molar-refractivity contribution in [1.82, 2.24) is 4.90 Å². The number of carbonyl (C=O) groups excluding carboxylic acids is 1. The number of amides is 1. The van der Waals surface area contributed by atoms with Crippen molar-refractivity contribution in [2.75, 3.05) is 13.1 Å². The van der Waals surface area contributed by atoms with Crippen molar-refractivity contribution >= 4 is 5.91 Å². The lowest BCUT2D eigenvalue weighted by atomic mass is 9.85. The van der Waals surface area contributed by atoms with Gasteiger partial charge in [-0.3, -0.25) is 4.79 Å². The molecule has 1 amide bonds. The molecule has 1 fully saturated rings. The average molecular weight is 214 g/mol. The number of β-amino-alcohol motifs (C(OH)–C–C–N with tert-alkyl or cyclic N) is 1. The smallest absolute Gasteiger partial charge is 0.224 e. The van der Waals surface area contributed by atoms with E-state index in [1.165, 1.54) is 0 Å². The number of carbonyl (C=O) groups is 1. The number of likely N-dealkylation sites (tertiary alicyclic amines) is 1. The van der Waals surface area contributed by atoms with Crippen LogP contribution in [0.3, 0.4) is 0 Å². The summed E-state index contributed by atoms with van der Waals surface area (Å²) in [6, 6.07) is -0.122. The number of nitrogens with two attached hydrogens (primary N) is 1. The Morgan fingerprint density at radius 3 is 2.60 bits per heavy atom. The maximum Gasteiger partial charge on any atom is 0.224 e. The Morgan fingerprint density at radius 1 is 1.60 bits per heavy atom. The Labute approximate surface area is 91.4 Å². The summed E-state index contributed by atoms with van der Waals surface area (Å²) in [6.07, 6.45) is 0.715. The molecule has 15 heavy (non-hydrogen) atoms. The second-order valence-corrected chi connectivity index (χ2v) is 5.46. The van der Waals surface area contributed by atoms with Crippen LogP contribution in [0.2, 0.25) is 0 Å². The highest BCUT2D eigenvalue weighted by Gasteiger charge is 2.29. The predicted molar refractivity (Wildman–Crippen MR) is 59.3 cm³/mol.